The van der Waals surface area contributed by atoms with Crippen LogP contribution in [0.5, 0.6) is 40.2 Å². The van der Waals surface area contributed by atoms with Crippen LogP contribution in [0.4, 0.5) is 0 Å². The first-order valence-corrected chi connectivity index (χ1v) is 13.0. The zero-order chi connectivity index (χ0) is 27.7. The maximum absolute atomic E-state index is 11.1. The lowest BCUT2D eigenvalue weighted by atomic mass is 10.1. The van der Waals surface area contributed by atoms with Crippen molar-refractivity contribution in [2.45, 2.75) is 12.4 Å². The van der Waals surface area contributed by atoms with Crippen molar-refractivity contribution in [3.63, 3.8) is 0 Å². The number of fused-ring (bicyclic) bond motifs is 1. The molecule has 0 fully saturated rings. The first-order valence-electron chi connectivity index (χ1n) is 10.3. The van der Waals surface area contributed by atoms with Crippen molar-refractivity contribution < 1.29 is 63.8 Å². The van der Waals surface area contributed by atoms with Crippen LogP contribution in [0.3, 0.4) is 0 Å². The molecule has 3 aromatic rings. The van der Waals surface area contributed by atoms with E-state index in [-0.39, 0.29) is 34.1 Å². The summed E-state index contributed by atoms with van der Waals surface area (Å²) in [5.41, 5.74) is 0.548. The molecular weight excluding hydrogens is 552 g/mol. The molecule has 0 radical (unpaired) electrons. The van der Waals surface area contributed by atoms with Gasteiger partial charge in [-0.25, -0.2) is 0 Å². The Hall–Kier alpha value is -4.38. The first-order chi connectivity index (χ1) is 17.8. The third kappa shape index (κ3) is 6.68. The Kier molecular flexibility index (Phi) is 7.14. The van der Waals surface area contributed by atoms with Crippen LogP contribution in [-0.2, 0) is 25.0 Å². The largest absolute Gasteiger partial charge is 0.504 e. The normalized spacial score (nSPS) is 17.2. The standard InChI is InChI=1S/C22H18O14S2/c23-15-4-2-13(10-16(15)24)21-22(35-20-11-14(36-38(29,30)31)3-6-19(20)33-21)34-18-5-1-12(9-17(18)25)7-8-32-37(26,27)28/h1-11,21-25H,(H,26,27,28)(H,29,30,31)/b8-7+. The van der Waals surface area contributed by atoms with Gasteiger partial charge in [-0.1, -0.05) is 12.1 Å². The van der Waals surface area contributed by atoms with Crippen LogP contribution in [-0.4, -0.2) is 47.6 Å². The molecule has 1 aliphatic rings. The van der Waals surface area contributed by atoms with Gasteiger partial charge in [0.2, 0.25) is 0 Å². The lowest BCUT2D eigenvalue weighted by molar-refractivity contribution is -0.0988. The van der Waals surface area contributed by atoms with Crippen molar-refractivity contribution in [3.8, 4) is 40.2 Å². The van der Waals surface area contributed by atoms with Crippen LogP contribution in [0.25, 0.3) is 6.08 Å². The second-order valence-corrected chi connectivity index (χ2v) is 9.63. The van der Waals surface area contributed by atoms with Gasteiger partial charge in [-0.2, -0.15) is 16.8 Å². The first kappa shape index (κ1) is 26.7. The van der Waals surface area contributed by atoms with E-state index in [0.29, 0.717) is 6.26 Å². The van der Waals surface area contributed by atoms with E-state index in [0.717, 1.165) is 12.1 Å². The van der Waals surface area contributed by atoms with E-state index < -0.39 is 50.4 Å². The highest BCUT2D eigenvalue weighted by atomic mass is 32.3. The maximum Gasteiger partial charge on any atom is 0.446 e. The van der Waals surface area contributed by atoms with Gasteiger partial charge in [0, 0.05) is 11.6 Å². The monoisotopic (exact) mass is 570 g/mol. The van der Waals surface area contributed by atoms with E-state index in [1.807, 2.05) is 0 Å². The average molecular weight is 571 g/mol. The van der Waals surface area contributed by atoms with Crippen LogP contribution in [0.15, 0.2) is 60.9 Å². The zero-order valence-corrected chi connectivity index (χ0v) is 20.4. The Morgan fingerprint density at radius 2 is 1.53 bits per heavy atom. The number of benzene rings is 3. The topological polar surface area (TPSA) is 216 Å². The Bertz CT molecular complexity index is 1600. The molecule has 202 valence electrons. The molecule has 3 aromatic carbocycles. The molecule has 4 rings (SSSR count). The van der Waals surface area contributed by atoms with Gasteiger partial charge in [0.15, 0.2) is 40.6 Å². The lowest BCUT2D eigenvalue weighted by Crippen LogP contribution is -2.37. The highest BCUT2D eigenvalue weighted by molar-refractivity contribution is 7.81. The maximum atomic E-state index is 11.1. The minimum atomic E-state index is -4.83. The summed E-state index contributed by atoms with van der Waals surface area (Å²) in [6.07, 6.45) is -0.654. The third-order valence-corrected chi connectivity index (χ3v) is 5.61. The molecule has 2 atom stereocenters. The summed E-state index contributed by atoms with van der Waals surface area (Å²) >= 11 is 0. The predicted molar refractivity (Wildman–Crippen MR) is 127 cm³/mol. The molecule has 2 unspecified atom stereocenters. The van der Waals surface area contributed by atoms with E-state index in [1.165, 1.54) is 48.5 Å². The number of hydrogen-bond donors (Lipinski definition) is 5. The minimum Gasteiger partial charge on any atom is -0.504 e. The van der Waals surface area contributed by atoms with Crippen LogP contribution >= 0.6 is 0 Å². The number of hydrogen-bond acceptors (Lipinski definition) is 12. The van der Waals surface area contributed by atoms with Crippen molar-refractivity contribution in [1.29, 1.82) is 0 Å². The molecule has 14 nitrogen and oxygen atoms in total. The molecule has 0 spiro atoms. The fourth-order valence-corrected chi connectivity index (χ4v) is 3.84. The molecule has 1 aliphatic heterocycles. The quantitative estimate of drug-likeness (QED) is 0.150. The Labute approximate surface area is 215 Å². The van der Waals surface area contributed by atoms with E-state index in [4.69, 9.17) is 23.3 Å². The molecule has 0 bridgehead atoms. The molecular formula is C22H18O14S2. The highest BCUT2D eigenvalue weighted by Crippen LogP contribution is 2.44. The summed E-state index contributed by atoms with van der Waals surface area (Å²) in [6.45, 7) is 0. The molecule has 0 saturated carbocycles. The summed E-state index contributed by atoms with van der Waals surface area (Å²) < 4.78 is 87.0. The SMILES string of the molecule is O=S(=O)(O)O/C=C/c1ccc(OC2Oc3cc(OS(=O)(=O)O)ccc3OC2c2ccc(O)c(O)c2)c(O)c1. The molecule has 0 amide bonds. The fourth-order valence-electron chi connectivity index (χ4n) is 3.30. The number of ether oxygens (including phenoxy) is 3. The molecule has 5 N–H and O–H groups in total. The second kappa shape index (κ2) is 10.2. The summed E-state index contributed by atoms with van der Waals surface area (Å²) in [6, 6.07) is 11.3. The van der Waals surface area contributed by atoms with Gasteiger partial charge in [-0.3, -0.25) is 9.11 Å². The van der Waals surface area contributed by atoms with E-state index in [1.54, 1.807) is 0 Å². The van der Waals surface area contributed by atoms with Crippen molar-refractivity contribution in [2.75, 3.05) is 0 Å². The van der Waals surface area contributed by atoms with Gasteiger partial charge in [0.1, 0.15) is 12.0 Å². The van der Waals surface area contributed by atoms with Gasteiger partial charge < -0.3 is 37.9 Å². The summed E-state index contributed by atoms with van der Waals surface area (Å²) in [5.74, 6) is -1.67. The van der Waals surface area contributed by atoms with Crippen molar-refractivity contribution in [3.05, 3.63) is 72.0 Å². The van der Waals surface area contributed by atoms with Crippen molar-refractivity contribution in [1.82, 2.24) is 0 Å². The highest BCUT2D eigenvalue weighted by Gasteiger charge is 2.36. The second-order valence-electron chi connectivity index (χ2n) is 7.56. The Balaban J connectivity index is 1.65. The van der Waals surface area contributed by atoms with Crippen LogP contribution in [0.1, 0.15) is 17.2 Å². The van der Waals surface area contributed by atoms with Crippen LogP contribution < -0.4 is 18.4 Å². The van der Waals surface area contributed by atoms with Crippen LogP contribution in [0, 0.1) is 0 Å². The Morgan fingerprint density at radius 1 is 0.763 bits per heavy atom. The third-order valence-electron chi connectivity index (χ3n) is 4.85. The molecule has 38 heavy (non-hydrogen) atoms. The smallest absolute Gasteiger partial charge is 0.446 e. The van der Waals surface area contributed by atoms with Gasteiger partial charge in [-0.15, -0.1) is 0 Å². The summed E-state index contributed by atoms with van der Waals surface area (Å²) in [5, 5.41) is 30.0. The molecule has 1 heterocycles. The van der Waals surface area contributed by atoms with Crippen molar-refractivity contribution >= 4 is 26.9 Å². The van der Waals surface area contributed by atoms with Crippen LogP contribution in [0.2, 0.25) is 0 Å². The van der Waals surface area contributed by atoms with Gasteiger partial charge in [0.25, 0.3) is 6.29 Å². The van der Waals surface area contributed by atoms with Crippen molar-refractivity contribution in [2.24, 2.45) is 0 Å². The van der Waals surface area contributed by atoms with E-state index in [9.17, 15) is 32.2 Å². The average Bonchev–Trinajstić information content (AvgIpc) is 2.80. The molecule has 0 aromatic heterocycles. The minimum absolute atomic E-state index is 0.0585. The van der Waals surface area contributed by atoms with E-state index >= 15 is 0 Å². The summed E-state index contributed by atoms with van der Waals surface area (Å²) in [4.78, 5) is 0. The molecule has 0 saturated heterocycles. The number of aromatic hydroxyl groups is 3. The predicted octanol–water partition coefficient (Wildman–Crippen LogP) is 2.69. The number of phenolic OH excluding ortho intramolecular Hbond substituents is 3. The number of phenols is 3. The van der Waals surface area contributed by atoms with Gasteiger partial charge in [-0.05, 0) is 48.0 Å². The van der Waals surface area contributed by atoms with Gasteiger partial charge in [0.05, 0.1) is 0 Å². The van der Waals surface area contributed by atoms with E-state index in [2.05, 4.69) is 8.37 Å². The molecule has 16 heteroatoms. The summed E-state index contributed by atoms with van der Waals surface area (Å²) in [7, 11) is -9.53. The molecule has 0 aliphatic carbocycles. The zero-order valence-electron chi connectivity index (χ0n) is 18.7. The number of rotatable bonds is 8. The Morgan fingerprint density at radius 3 is 2.18 bits per heavy atom. The lowest BCUT2D eigenvalue weighted by Gasteiger charge is -2.34. The fraction of sp³-hybridized carbons (Fsp3) is 0.0909. The van der Waals surface area contributed by atoms with Gasteiger partial charge >= 0.3 is 20.8 Å².